The van der Waals surface area contributed by atoms with E-state index in [-0.39, 0.29) is 5.91 Å². The fourth-order valence-corrected chi connectivity index (χ4v) is 3.62. The number of nitrogens with zero attached hydrogens (tertiary/aromatic N) is 5. The lowest BCUT2D eigenvalue weighted by atomic mass is 10.3. The van der Waals surface area contributed by atoms with Crippen LogP contribution < -0.4 is 5.32 Å². The molecule has 0 saturated carbocycles. The maximum atomic E-state index is 12.5. The molecular weight excluding hydrogens is 489 g/mol. The lowest BCUT2D eigenvalue weighted by Crippen LogP contribution is -2.47. The summed E-state index contributed by atoms with van der Waals surface area (Å²) in [5.74, 6) is -0.633. The first kappa shape index (κ1) is 26.2. The summed E-state index contributed by atoms with van der Waals surface area (Å²) in [5, 5.41) is 12.7. The molecule has 10 nitrogen and oxygen atoms in total. The molecule has 2 N–H and O–H groups in total. The van der Waals surface area contributed by atoms with Crippen molar-refractivity contribution in [1.29, 1.82) is 0 Å². The lowest BCUT2D eigenvalue weighted by Gasteiger charge is -2.31. The third kappa shape index (κ3) is 7.83. The smallest absolute Gasteiger partial charge is 0.475 e. The monoisotopic (exact) mass is 512 g/mol. The largest absolute Gasteiger partial charge is 0.490 e. The van der Waals surface area contributed by atoms with E-state index in [2.05, 4.69) is 37.1 Å². The van der Waals surface area contributed by atoms with E-state index in [9.17, 15) is 18.0 Å². The highest BCUT2D eigenvalue weighted by Gasteiger charge is 2.38. The summed E-state index contributed by atoms with van der Waals surface area (Å²) in [7, 11) is 2.09. The van der Waals surface area contributed by atoms with Crippen molar-refractivity contribution in [3.63, 3.8) is 0 Å². The molecule has 1 fully saturated rings. The number of rotatable bonds is 5. The van der Waals surface area contributed by atoms with E-state index in [1.165, 1.54) is 11.3 Å². The summed E-state index contributed by atoms with van der Waals surface area (Å²) in [6.07, 6.45) is -3.36. The van der Waals surface area contributed by atoms with Crippen molar-refractivity contribution in [3.05, 3.63) is 35.5 Å². The first-order valence-electron chi connectivity index (χ1n) is 10.4. The van der Waals surface area contributed by atoms with Crippen molar-refractivity contribution in [3.8, 4) is 22.3 Å². The molecular formula is C21H23F3N6O4S. The third-order valence-corrected chi connectivity index (χ3v) is 5.61. The summed E-state index contributed by atoms with van der Waals surface area (Å²) in [6, 6.07) is 5.44. The minimum Gasteiger partial charge on any atom is -0.475 e. The Hall–Kier alpha value is -3.36. The summed E-state index contributed by atoms with van der Waals surface area (Å²) in [6.45, 7) is 5.92. The number of nitrogens with one attached hydrogen (secondary N) is 1. The highest BCUT2D eigenvalue weighted by atomic mass is 32.1. The standard InChI is InChI=1S/C19H22N6O2S.C2HF3O2/c1-13-3-4-15(27-13)18-21-14(19-20-5-10-28-19)11-16(23-18)22-17(26)12-25-8-6-24(2)7-9-25;3-2(4,5)1(6)7/h3-5,10-11H,6-9,12H2,1-2H3,(H,21,22,23,26);(H,6,7). The van der Waals surface area contributed by atoms with Gasteiger partial charge in [0.15, 0.2) is 11.6 Å². The fourth-order valence-electron chi connectivity index (χ4n) is 3.03. The number of amides is 1. The number of carbonyl (C=O) groups excluding carboxylic acids is 1. The number of hydrogen-bond donors (Lipinski definition) is 2. The van der Waals surface area contributed by atoms with Crippen molar-refractivity contribution in [2.75, 3.05) is 45.1 Å². The number of hydrogen-bond acceptors (Lipinski definition) is 9. The Morgan fingerprint density at radius 1 is 1.20 bits per heavy atom. The number of aliphatic carboxylic acids is 1. The van der Waals surface area contributed by atoms with E-state index in [1.807, 2.05) is 24.4 Å². The van der Waals surface area contributed by atoms with Gasteiger partial charge in [0.1, 0.15) is 22.3 Å². The van der Waals surface area contributed by atoms with Crippen LogP contribution in [0.15, 0.2) is 34.2 Å². The lowest BCUT2D eigenvalue weighted by molar-refractivity contribution is -0.192. The molecule has 1 aliphatic heterocycles. The van der Waals surface area contributed by atoms with Gasteiger partial charge in [-0.3, -0.25) is 9.69 Å². The third-order valence-electron chi connectivity index (χ3n) is 4.81. The maximum Gasteiger partial charge on any atom is 0.490 e. The van der Waals surface area contributed by atoms with Crippen molar-refractivity contribution >= 4 is 29.0 Å². The van der Waals surface area contributed by atoms with Crippen LogP contribution in [0.5, 0.6) is 0 Å². The van der Waals surface area contributed by atoms with Crippen molar-refractivity contribution < 1.29 is 32.3 Å². The first-order valence-corrected chi connectivity index (χ1v) is 11.3. The molecule has 188 valence electrons. The van der Waals surface area contributed by atoms with Gasteiger partial charge in [-0.15, -0.1) is 11.3 Å². The molecule has 35 heavy (non-hydrogen) atoms. The van der Waals surface area contributed by atoms with E-state index < -0.39 is 12.1 Å². The number of carboxylic acid groups (broad SMARTS) is 1. The van der Waals surface area contributed by atoms with Gasteiger partial charge in [0.25, 0.3) is 0 Å². The van der Waals surface area contributed by atoms with Crippen molar-refractivity contribution in [2.24, 2.45) is 0 Å². The van der Waals surface area contributed by atoms with Gasteiger partial charge in [-0.05, 0) is 26.1 Å². The molecule has 0 aliphatic carbocycles. The van der Waals surface area contributed by atoms with Gasteiger partial charge in [-0.2, -0.15) is 13.2 Å². The molecule has 3 aromatic rings. The van der Waals surface area contributed by atoms with Crippen LogP contribution in [0.2, 0.25) is 0 Å². The maximum absolute atomic E-state index is 12.5. The van der Waals surface area contributed by atoms with Gasteiger partial charge in [0, 0.05) is 43.8 Å². The number of alkyl halides is 3. The second-order valence-electron chi connectivity index (χ2n) is 7.64. The zero-order valence-electron chi connectivity index (χ0n) is 18.9. The Morgan fingerprint density at radius 2 is 1.89 bits per heavy atom. The minimum absolute atomic E-state index is 0.0880. The average molecular weight is 513 g/mol. The predicted molar refractivity (Wildman–Crippen MR) is 122 cm³/mol. The SMILES string of the molecule is Cc1ccc(-c2nc(NC(=O)CN3CCN(C)CC3)cc(-c3nccs3)n2)o1.O=C(O)C(F)(F)F. The number of likely N-dealkylation sites (N-methyl/N-ethyl adjacent to an activating group) is 1. The Balaban J connectivity index is 0.000000429. The number of halogens is 3. The number of aryl methyl sites for hydroxylation is 1. The van der Waals surface area contributed by atoms with Crippen molar-refractivity contribution in [1.82, 2.24) is 24.8 Å². The van der Waals surface area contributed by atoms with E-state index in [0.717, 1.165) is 36.9 Å². The van der Waals surface area contributed by atoms with E-state index in [0.29, 0.717) is 29.6 Å². The molecule has 1 aliphatic rings. The van der Waals surface area contributed by atoms with Crippen molar-refractivity contribution in [2.45, 2.75) is 13.1 Å². The molecule has 0 bridgehead atoms. The van der Waals surface area contributed by atoms with Crippen LogP contribution in [0.1, 0.15) is 5.76 Å². The summed E-state index contributed by atoms with van der Waals surface area (Å²) >= 11 is 1.48. The molecule has 4 heterocycles. The molecule has 3 aromatic heterocycles. The Morgan fingerprint density at radius 3 is 2.43 bits per heavy atom. The molecule has 4 rings (SSSR count). The van der Waals surface area contributed by atoms with Gasteiger partial charge >= 0.3 is 12.1 Å². The van der Waals surface area contributed by atoms with E-state index in [1.54, 1.807) is 12.3 Å². The summed E-state index contributed by atoms with van der Waals surface area (Å²) in [5.41, 5.74) is 0.656. The Kier molecular flexibility index (Phi) is 8.53. The quantitative estimate of drug-likeness (QED) is 0.531. The van der Waals surface area contributed by atoms with Crippen LogP contribution in [0.25, 0.3) is 22.3 Å². The van der Waals surface area contributed by atoms with Gasteiger partial charge in [0.2, 0.25) is 5.91 Å². The van der Waals surface area contributed by atoms with Gasteiger partial charge < -0.3 is 19.7 Å². The molecule has 1 saturated heterocycles. The predicted octanol–water partition coefficient (Wildman–Crippen LogP) is 2.99. The molecule has 0 aromatic carbocycles. The Labute approximate surface area is 202 Å². The fraction of sp³-hybridized carbons (Fsp3) is 0.381. The normalized spacial score (nSPS) is 14.8. The van der Waals surface area contributed by atoms with E-state index >= 15 is 0 Å². The van der Waals surface area contributed by atoms with Crippen LogP contribution in [0.3, 0.4) is 0 Å². The molecule has 0 atom stereocenters. The molecule has 0 unspecified atom stereocenters. The topological polar surface area (TPSA) is 125 Å². The van der Waals surface area contributed by atoms with Gasteiger partial charge in [-0.25, -0.2) is 19.7 Å². The van der Waals surface area contributed by atoms with Crippen LogP contribution in [-0.4, -0.2) is 87.7 Å². The number of carboxylic acids is 1. The number of carbonyl (C=O) groups is 2. The number of anilines is 1. The van der Waals surface area contributed by atoms with E-state index in [4.69, 9.17) is 14.3 Å². The van der Waals surface area contributed by atoms with Crippen LogP contribution in [-0.2, 0) is 9.59 Å². The number of furan rings is 1. The van der Waals surface area contributed by atoms with Crippen LogP contribution in [0.4, 0.5) is 19.0 Å². The number of aromatic nitrogens is 3. The Bertz CT molecular complexity index is 1140. The second-order valence-corrected chi connectivity index (χ2v) is 8.53. The first-order chi connectivity index (χ1) is 16.5. The highest BCUT2D eigenvalue weighted by Crippen LogP contribution is 2.26. The number of thiazole rings is 1. The molecule has 0 spiro atoms. The molecule has 14 heteroatoms. The van der Waals surface area contributed by atoms with Crippen LogP contribution >= 0.6 is 11.3 Å². The summed E-state index contributed by atoms with van der Waals surface area (Å²) < 4.78 is 37.4. The summed E-state index contributed by atoms with van der Waals surface area (Å²) in [4.78, 5) is 39.2. The highest BCUT2D eigenvalue weighted by molar-refractivity contribution is 7.13. The zero-order valence-corrected chi connectivity index (χ0v) is 19.7. The van der Waals surface area contributed by atoms with Gasteiger partial charge in [0.05, 0.1) is 6.54 Å². The average Bonchev–Trinajstić information content (AvgIpc) is 3.47. The second kappa shape index (κ2) is 11.4. The minimum atomic E-state index is -5.08. The number of piperazine rings is 1. The zero-order chi connectivity index (χ0) is 25.6. The van der Waals surface area contributed by atoms with Crippen LogP contribution in [0, 0.1) is 6.92 Å². The van der Waals surface area contributed by atoms with Gasteiger partial charge in [-0.1, -0.05) is 0 Å². The molecule has 1 amide bonds. The molecule has 0 radical (unpaired) electrons.